The van der Waals surface area contributed by atoms with Crippen LogP contribution in [0.15, 0.2) is 24.3 Å². The molecule has 21 heavy (non-hydrogen) atoms. The molecule has 2 aliphatic rings. The van der Waals surface area contributed by atoms with E-state index in [2.05, 4.69) is 34.9 Å². The van der Waals surface area contributed by atoms with E-state index in [0.29, 0.717) is 12.3 Å². The number of rotatable bonds is 6. The molecule has 1 fully saturated rings. The third kappa shape index (κ3) is 3.78. The summed E-state index contributed by atoms with van der Waals surface area (Å²) in [4.78, 5) is 11.9. The van der Waals surface area contributed by atoms with E-state index in [-0.39, 0.29) is 5.91 Å². The van der Waals surface area contributed by atoms with E-state index in [1.807, 2.05) is 0 Å². The van der Waals surface area contributed by atoms with Gasteiger partial charge >= 0.3 is 0 Å². The molecule has 3 nitrogen and oxygen atoms in total. The van der Waals surface area contributed by atoms with Crippen LogP contribution in [0.5, 0.6) is 0 Å². The number of hydrogen-bond acceptors (Lipinski definition) is 2. The minimum absolute atomic E-state index is 0.237. The van der Waals surface area contributed by atoms with Crippen LogP contribution in [0.1, 0.15) is 56.4 Å². The van der Waals surface area contributed by atoms with Crippen LogP contribution in [0.3, 0.4) is 0 Å². The molecule has 0 bridgehead atoms. The van der Waals surface area contributed by atoms with Gasteiger partial charge in [0.25, 0.3) is 0 Å². The van der Waals surface area contributed by atoms with Gasteiger partial charge in [0.15, 0.2) is 0 Å². The van der Waals surface area contributed by atoms with E-state index in [4.69, 9.17) is 0 Å². The molecule has 2 N–H and O–H groups in total. The largest absolute Gasteiger partial charge is 0.384 e. The Balaban J connectivity index is 1.35. The lowest BCUT2D eigenvalue weighted by Crippen LogP contribution is -2.26. The van der Waals surface area contributed by atoms with E-state index in [9.17, 15) is 4.79 Å². The molecule has 3 rings (SSSR count). The maximum absolute atomic E-state index is 11.9. The molecule has 1 unspecified atom stereocenters. The third-order valence-electron chi connectivity index (χ3n) is 5.01. The Morgan fingerprint density at radius 3 is 2.86 bits per heavy atom. The highest BCUT2D eigenvalue weighted by molar-refractivity contribution is 5.75. The maximum atomic E-state index is 11.9. The van der Waals surface area contributed by atoms with Crippen molar-refractivity contribution in [2.45, 2.75) is 50.9 Å². The van der Waals surface area contributed by atoms with Gasteiger partial charge in [-0.3, -0.25) is 4.79 Å². The summed E-state index contributed by atoms with van der Waals surface area (Å²) in [6.07, 6.45) is 8.21. The number of carbonyl (C=O) groups excluding carboxylic acids is 1. The van der Waals surface area contributed by atoms with Gasteiger partial charge in [-0.15, -0.1) is 0 Å². The number of fused-ring (bicyclic) bond motifs is 1. The van der Waals surface area contributed by atoms with Crippen LogP contribution in [0, 0.1) is 5.92 Å². The fourth-order valence-electron chi connectivity index (χ4n) is 3.72. The molecule has 1 heterocycles. The van der Waals surface area contributed by atoms with Crippen molar-refractivity contribution in [3.8, 4) is 0 Å². The van der Waals surface area contributed by atoms with Crippen molar-refractivity contribution >= 4 is 11.6 Å². The number of nitrogens with one attached hydrogen (secondary N) is 2. The fraction of sp³-hybridized carbons (Fsp3) is 0.611. The maximum Gasteiger partial charge on any atom is 0.220 e. The summed E-state index contributed by atoms with van der Waals surface area (Å²) in [7, 11) is 0. The topological polar surface area (TPSA) is 41.1 Å². The Labute approximate surface area is 127 Å². The summed E-state index contributed by atoms with van der Waals surface area (Å²) in [6.45, 7) is 1.79. The van der Waals surface area contributed by atoms with Crippen molar-refractivity contribution in [2.24, 2.45) is 5.92 Å². The zero-order valence-electron chi connectivity index (χ0n) is 12.7. The van der Waals surface area contributed by atoms with Crippen LogP contribution in [0.25, 0.3) is 0 Å². The molecule has 1 atom stereocenters. The average molecular weight is 286 g/mol. The molecule has 1 aliphatic carbocycles. The lowest BCUT2D eigenvalue weighted by atomic mass is 9.98. The van der Waals surface area contributed by atoms with Crippen molar-refractivity contribution in [3.63, 3.8) is 0 Å². The Hall–Kier alpha value is -1.51. The minimum Gasteiger partial charge on any atom is -0.384 e. The first-order chi connectivity index (χ1) is 10.3. The van der Waals surface area contributed by atoms with Crippen LogP contribution < -0.4 is 10.6 Å². The normalized spacial score (nSPS) is 21.0. The number of para-hydroxylation sites is 1. The second kappa shape index (κ2) is 6.97. The van der Waals surface area contributed by atoms with Crippen molar-refractivity contribution in [2.75, 3.05) is 18.4 Å². The van der Waals surface area contributed by atoms with E-state index in [1.165, 1.54) is 36.9 Å². The summed E-state index contributed by atoms with van der Waals surface area (Å²) in [6, 6.07) is 8.50. The second-order valence-corrected chi connectivity index (χ2v) is 6.49. The van der Waals surface area contributed by atoms with Crippen LogP contribution in [-0.2, 0) is 4.79 Å². The number of carbonyl (C=O) groups is 1. The first kappa shape index (κ1) is 14.4. The molecule has 0 saturated heterocycles. The zero-order valence-corrected chi connectivity index (χ0v) is 12.7. The van der Waals surface area contributed by atoms with E-state index in [0.717, 1.165) is 31.8 Å². The van der Waals surface area contributed by atoms with Crippen molar-refractivity contribution in [3.05, 3.63) is 29.8 Å². The van der Waals surface area contributed by atoms with Crippen LogP contribution >= 0.6 is 0 Å². The van der Waals surface area contributed by atoms with Gasteiger partial charge in [0.05, 0.1) is 0 Å². The SMILES string of the molecule is O=C(CCC1CCCC1)NCCC1CNc2ccccc21. The van der Waals surface area contributed by atoms with Crippen LogP contribution in [0.4, 0.5) is 5.69 Å². The molecule has 3 heteroatoms. The number of amides is 1. The summed E-state index contributed by atoms with van der Waals surface area (Å²) >= 11 is 0. The molecule has 0 spiro atoms. The molecular formula is C18H26N2O. The van der Waals surface area contributed by atoms with Gasteiger partial charge in [-0.25, -0.2) is 0 Å². The molecular weight excluding hydrogens is 260 g/mol. The molecule has 0 aromatic heterocycles. The first-order valence-corrected chi connectivity index (χ1v) is 8.42. The number of benzene rings is 1. The Morgan fingerprint density at radius 2 is 2.00 bits per heavy atom. The highest BCUT2D eigenvalue weighted by Crippen LogP contribution is 2.32. The Bertz CT molecular complexity index is 480. The number of hydrogen-bond donors (Lipinski definition) is 2. The quantitative estimate of drug-likeness (QED) is 0.837. The molecule has 114 valence electrons. The summed E-state index contributed by atoms with van der Waals surface area (Å²) in [5.74, 6) is 1.58. The van der Waals surface area contributed by atoms with E-state index < -0.39 is 0 Å². The predicted molar refractivity (Wildman–Crippen MR) is 86.5 cm³/mol. The second-order valence-electron chi connectivity index (χ2n) is 6.49. The summed E-state index contributed by atoms with van der Waals surface area (Å²) in [5.41, 5.74) is 2.66. The summed E-state index contributed by atoms with van der Waals surface area (Å²) < 4.78 is 0. The highest BCUT2D eigenvalue weighted by Gasteiger charge is 2.21. The Kier molecular flexibility index (Phi) is 4.79. The highest BCUT2D eigenvalue weighted by atomic mass is 16.1. The smallest absolute Gasteiger partial charge is 0.220 e. The van der Waals surface area contributed by atoms with Gasteiger partial charge in [-0.1, -0.05) is 43.9 Å². The fourth-order valence-corrected chi connectivity index (χ4v) is 3.72. The standard InChI is InChI=1S/C18H26N2O/c21-18(10-9-14-5-1-2-6-14)19-12-11-15-13-20-17-8-4-3-7-16(15)17/h3-4,7-8,14-15,20H,1-2,5-6,9-13H2,(H,19,21). The van der Waals surface area contributed by atoms with Gasteiger partial charge in [0.2, 0.25) is 5.91 Å². The predicted octanol–water partition coefficient (Wildman–Crippen LogP) is 3.67. The van der Waals surface area contributed by atoms with E-state index in [1.54, 1.807) is 0 Å². The lowest BCUT2D eigenvalue weighted by Gasteiger charge is -2.12. The monoisotopic (exact) mass is 286 g/mol. The lowest BCUT2D eigenvalue weighted by molar-refractivity contribution is -0.121. The average Bonchev–Trinajstić information content (AvgIpc) is 3.15. The number of anilines is 1. The Morgan fingerprint density at radius 1 is 1.19 bits per heavy atom. The van der Waals surface area contributed by atoms with Crippen molar-refractivity contribution in [1.82, 2.24) is 5.32 Å². The first-order valence-electron chi connectivity index (χ1n) is 8.42. The van der Waals surface area contributed by atoms with Gasteiger partial charge < -0.3 is 10.6 Å². The molecule has 1 aromatic carbocycles. The third-order valence-corrected chi connectivity index (χ3v) is 5.01. The molecule has 1 aliphatic heterocycles. The van der Waals surface area contributed by atoms with Crippen molar-refractivity contribution in [1.29, 1.82) is 0 Å². The van der Waals surface area contributed by atoms with Crippen LogP contribution in [0.2, 0.25) is 0 Å². The summed E-state index contributed by atoms with van der Waals surface area (Å²) in [5, 5.41) is 6.54. The van der Waals surface area contributed by atoms with E-state index >= 15 is 0 Å². The zero-order chi connectivity index (χ0) is 14.5. The van der Waals surface area contributed by atoms with Gasteiger partial charge in [0.1, 0.15) is 0 Å². The van der Waals surface area contributed by atoms with Crippen LogP contribution in [-0.4, -0.2) is 19.0 Å². The van der Waals surface area contributed by atoms with Gasteiger partial charge in [0, 0.05) is 31.1 Å². The van der Waals surface area contributed by atoms with Gasteiger partial charge in [-0.2, -0.15) is 0 Å². The molecule has 1 saturated carbocycles. The minimum atomic E-state index is 0.237. The molecule has 1 aromatic rings. The van der Waals surface area contributed by atoms with Gasteiger partial charge in [-0.05, 0) is 30.4 Å². The molecule has 1 amide bonds. The van der Waals surface area contributed by atoms with Crippen molar-refractivity contribution < 1.29 is 4.79 Å². The molecule has 0 radical (unpaired) electrons.